The van der Waals surface area contributed by atoms with Crippen molar-refractivity contribution >= 4 is 102 Å². The molecule has 0 aliphatic carbocycles. The number of rotatable bonds is 6. The van der Waals surface area contributed by atoms with Gasteiger partial charge in [-0.25, -0.2) is 0 Å². The fourth-order valence-corrected chi connectivity index (χ4v) is 11.6. The zero-order chi connectivity index (χ0) is 38.9. The summed E-state index contributed by atoms with van der Waals surface area (Å²) < 4.78 is 5.42. The van der Waals surface area contributed by atoms with E-state index in [9.17, 15) is 0 Å². The molecule has 12 rings (SSSR count). The van der Waals surface area contributed by atoms with Crippen molar-refractivity contribution in [3.8, 4) is 33.4 Å². The Balaban J connectivity index is 0.982. The molecule has 276 valence electrons. The third-order valence-corrected chi connectivity index (χ3v) is 14.3. The largest absolute Gasteiger partial charge is 0.310 e. The van der Waals surface area contributed by atoms with E-state index in [1.165, 1.54) is 95.3 Å². The Bertz CT molecular complexity index is 3540. The van der Waals surface area contributed by atoms with Crippen LogP contribution in [0.4, 0.5) is 17.1 Å². The van der Waals surface area contributed by atoms with Crippen molar-refractivity contribution in [3.05, 3.63) is 212 Å². The molecule has 0 atom stereocenters. The quantitative estimate of drug-likeness (QED) is 0.162. The topological polar surface area (TPSA) is 3.24 Å². The van der Waals surface area contributed by atoms with Crippen LogP contribution in [-0.2, 0) is 0 Å². The van der Waals surface area contributed by atoms with Crippen molar-refractivity contribution in [1.82, 2.24) is 0 Å². The van der Waals surface area contributed by atoms with E-state index in [0.717, 1.165) is 17.1 Å². The van der Waals surface area contributed by atoms with Gasteiger partial charge in [-0.1, -0.05) is 158 Å². The molecule has 59 heavy (non-hydrogen) atoms. The van der Waals surface area contributed by atoms with E-state index in [1.807, 2.05) is 22.7 Å². The van der Waals surface area contributed by atoms with Crippen LogP contribution >= 0.6 is 22.7 Å². The van der Waals surface area contributed by atoms with Gasteiger partial charge in [-0.2, -0.15) is 0 Å². The van der Waals surface area contributed by atoms with Gasteiger partial charge in [-0.15, -0.1) is 22.7 Å². The highest BCUT2D eigenvalue weighted by Gasteiger charge is 2.18. The minimum absolute atomic E-state index is 1.11. The predicted octanol–water partition coefficient (Wildman–Crippen LogP) is 17.2. The molecule has 12 aromatic rings. The number of hydrogen-bond acceptors (Lipinski definition) is 3. The molecule has 0 radical (unpaired) electrons. The molecule has 10 aromatic carbocycles. The van der Waals surface area contributed by atoms with Crippen LogP contribution in [0.3, 0.4) is 0 Å². The molecule has 0 spiro atoms. The zero-order valence-electron chi connectivity index (χ0n) is 32.0. The second-order valence-corrected chi connectivity index (χ2v) is 17.4. The first-order valence-electron chi connectivity index (χ1n) is 20.1. The molecule has 0 saturated carbocycles. The van der Waals surface area contributed by atoms with Crippen molar-refractivity contribution < 1.29 is 0 Å². The van der Waals surface area contributed by atoms with Gasteiger partial charge in [0.05, 0.1) is 0 Å². The molecule has 0 aliphatic rings. The van der Waals surface area contributed by atoms with Gasteiger partial charge < -0.3 is 4.90 Å². The van der Waals surface area contributed by atoms with Crippen LogP contribution < -0.4 is 4.90 Å². The Kier molecular flexibility index (Phi) is 7.97. The SMILES string of the molecule is c1ccc(-c2ccc(N(c3ccc(-c4cccc5ccccc45)cc3)c3ccc4ccc(-c5cccc6c5sc5c6ccc6sc7ccccc7c65)cc4c3)cc2)cc1. The predicted molar refractivity (Wildman–Crippen MR) is 258 cm³/mol. The highest BCUT2D eigenvalue weighted by atomic mass is 32.1. The van der Waals surface area contributed by atoms with Gasteiger partial charge in [-0.05, 0) is 110 Å². The van der Waals surface area contributed by atoms with Crippen LogP contribution in [0.5, 0.6) is 0 Å². The maximum Gasteiger partial charge on any atom is 0.0468 e. The van der Waals surface area contributed by atoms with Gasteiger partial charge in [0.25, 0.3) is 0 Å². The van der Waals surface area contributed by atoms with E-state index in [2.05, 4.69) is 217 Å². The van der Waals surface area contributed by atoms with E-state index >= 15 is 0 Å². The van der Waals surface area contributed by atoms with Crippen molar-refractivity contribution in [1.29, 1.82) is 0 Å². The molecule has 0 amide bonds. The Hall–Kier alpha value is -7.04. The number of anilines is 3. The van der Waals surface area contributed by atoms with Crippen molar-refractivity contribution in [2.75, 3.05) is 4.90 Å². The molecule has 2 aromatic heterocycles. The summed E-state index contributed by atoms with van der Waals surface area (Å²) in [6.07, 6.45) is 0. The molecular weight excluding hydrogens is 751 g/mol. The second kappa shape index (κ2) is 13.8. The summed E-state index contributed by atoms with van der Waals surface area (Å²) in [4.78, 5) is 2.39. The van der Waals surface area contributed by atoms with Crippen molar-refractivity contribution in [2.24, 2.45) is 0 Å². The molecule has 0 fully saturated rings. The van der Waals surface area contributed by atoms with Crippen LogP contribution in [0, 0.1) is 0 Å². The minimum Gasteiger partial charge on any atom is -0.310 e. The van der Waals surface area contributed by atoms with Crippen LogP contribution in [0.1, 0.15) is 0 Å². The summed E-state index contributed by atoms with van der Waals surface area (Å²) in [5.41, 5.74) is 10.7. The van der Waals surface area contributed by atoms with E-state index in [-0.39, 0.29) is 0 Å². The van der Waals surface area contributed by atoms with Gasteiger partial charge in [0.1, 0.15) is 0 Å². The summed E-state index contributed by atoms with van der Waals surface area (Å²) in [7, 11) is 0. The smallest absolute Gasteiger partial charge is 0.0468 e. The lowest BCUT2D eigenvalue weighted by molar-refractivity contribution is 1.29. The first-order chi connectivity index (χ1) is 29.2. The number of hydrogen-bond donors (Lipinski definition) is 0. The Morgan fingerprint density at radius 1 is 0.288 bits per heavy atom. The second-order valence-electron chi connectivity index (χ2n) is 15.3. The molecule has 1 nitrogen and oxygen atoms in total. The summed E-state index contributed by atoms with van der Waals surface area (Å²) in [5.74, 6) is 0. The summed E-state index contributed by atoms with van der Waals surface area (Å²) >= 11 is 3.83. The van der Waals surface area contributed by atoms with Gasteiger partial charge in [0.15, 0.2) is 0 Å². The molecular formula is C56H35NS2. The van der Waals surface area contributed by atoms with E-state index < -0.39 is 0 Å². The first-order valence-corrected chi connectivity index (χ1v) is 21.7. The number of fused-ring (bicyclic) bond motifs is 9. The monoisotopic (exact) mass is 785 g/mol. The van der Waals surface area contributed by atoms with Crippen molar-refractivity contribution in [3.63, 3.8) is 0 Å². The zero-order valence-corrected chi connectivity index (χ0v) is 33.6. The highest BCUT2D eigenvalue weighted by molar-refractivity contribution is 7.30. The summed E-state index contributed by atoms with van der Waals surface area (Å²) in [6, 6.07) is 78.0. The Morgan fingerprint density at radius 2 is 0.898 bits per heavy atom. The molecule has 0 saturated heterocycles. The van der Waals surface area contributed by atoms with E-state index in [1.54, 1.807) is 0 Å². The van der Waals surface area contributed by atoms with Crippen LogP contribution in [0.2, 0.25) is 0 Å². The van der Waals surface area contributed by atoms with Crippen molar-refractivity contribution in [2.45, 2.75) is 0 Å². The van der Waals surface area contributed by atoms with E-state index in [4.69, 9.17) is 0 Å². The maximum atomic E-state index is 2.39. The summed E-state index contributed by atoms with van der Waals surface area (Å²) in [5, 5.41) is 10.4. The average Bonchev–Trinajstić information content (AvgIpc) is 3.88. The number of benzene rings is 10. The lowest BCUT2D eigenvalue weighted by Gasteiger charge is -2.26. The van der Waals surface area contributed by atoms with Gasteiger partial charge in [0.2, 0.25) is 0 Å². The summed E-state index contributed by atoms with van der Waals surface area (Å²) in [6.45, 7) is 0. The molecule has 0 unspecified atom stereocenters. The molecule has 0 aliphatic heterocycles. The number of nitrogens with zero attached hydrogens (tertiary/aromatic N) is 1. The third-order valence-electron chi connectivity index (χ3n) is 11.9. The average molecular weight is 786 g/mol. The van der Waals surface area contributed by atoms with Gasteiger partial charge in [-0.3, -0.25) is 0 Å². The molecule has 0 N–H and O–H groups in total. The lowest BCUT2D eigenvalue weighted by atomic mass is 9.97. The number of thiophene rings is 2. The Labute approximate surface area is 350 Å². The third kappa shape index (κ3) is 5.73. The molecule has 2 heterocycles. The Morgan fingerprint density at radius 3 is 1.75 bits per heavy atom. The van der Waals surface area contributed by atoms with Crippen LogP contribution in [0.15, 0.2) is 212 Å². The minimum atomic E-state index is 1.11. The van der Waals surface area contributed by atoms with Gasteiger partial charge in [0, 0.05) is 57.4 Å². The van der Waals surface area contributed by atoms with E-state index in [0.29, 0.717) is 0 Å². The first kappa shape index (κ1) is 34.0. The molecule has 0 bridgehead atoms. The van der Waals surface area contributed by atoms with Gasteiger partial charge >= 0.3 is 0 Å². The standard InChI is InChI=1S/C56H35NS2/c1-2-10-36(11-3-1)37-22-27-43(28-23-37)57(44-29-25-40(26-30-44)47-16-8-13-39-12-4-5-14-46(39)47)45-31-24-38-20-21-41(34-42(38)35-45)48-17-9-18-49-50-32-33-53-54(56(50)59-55(48)49)51-15-6-7-19-52(51)58-53/h1-35H. The fourth-order valence-electron chi connectivity index (χ4n) is 8.98. The highest BCUT2D eigenvalue weighted by Crippen LogP contribution is 2.47. The van der Waals surface area contributed by atoms with Crippen LogP contribution in [-0.4, -0.2) is 0 Å². The normalized spacial score (nSPS) is 11.7. The lowest BCUT2D eigenvalue weighted by Crippen LogP contribution is -2.09. The maximum absolute atomic E-state index is 2.39. The fraction of sp³-hybridized carbons (Fsp3) is 0. The van der Waals surface area contributed by atoms with Crippen LogP contribution in [0.25, 0.3) is 95.3 Å². The molecule has 3 heteroatoms.